The Balaban J connectivity index is 1.49. The Labute approximate surface area is 210 Å². The first kappa shape index (κ1) is 25.7. The SMILES string of the molecule is C#Cc1cccc(C2(NCC(O)C3Cc4cc(F)cc(c4)OCCCCC(=O)NCC(=O)N3)CC2)c1. The number of fused-ring (bicyclic) bond motifs is 2. The Morgan fingerprint density at radius 3 is 2.81 bits per heavy atom. The lowest BCUT2D eigenvalue weighted by Crippen LogP contribution is -2.52. The average Bonchev–Trinajstić information content (AvgIpc) is 3.66. The van der Waals surface area contributed by atoms with Crippen LogP contribution in [-0.2, 0) is 21.5 Å². The summed E-state index contributed by atoms with van der Waals surface area (Å²) in [5.41, 5.74) is 2.18. The van der Waals surface area contributed by atoms with E-state index in [4.69, 9.17) is 11.2 Å². The van der Waals surface area contributed by atoms with E-state index in [0.717, 1.165) is 24.0 Å². The molecule has 2 aromatic carbocycles. The van der Waals surface area contributed by atoms with E-state index in [1.165, 1.54) is 12.1 Å². The van der Waals surface area contributed by atoms with Gasteiger partial charge in [-0.1, -0.05) is 18.1 Å². The molecule has 1 heterocycles. The maximum atomic E-state index is 14.3. The van der Waals surface area contributed by atoms with Crippen LogP contribution >= 0.6 is 0 Å². The molecule has 2 atom stereocenters. The molecule has 190 valence electrons. The van der Waals surface area contributed by atoms with Crippen LogP contribution in [0.3, 0.4) is 0 Å². The molecule has 2 unspecified atom stereocenters. The quantitative estimate of drug-likeness (QED) is 0.479. The van der Waals surface area contributed by atoms with Gasteiger partial charge in [0.05, 0.1) is 25.3 Å². The van der Waals surface area contributed by atoms with Crippen molar-refractivity contribution in [1.82, 2.24) is 16.0 Å². The van der Waals surface area contributed by atoms with Crippen LogP contribution in [0.5, 0.6) is 5.75 Å². The number of ether oxygens (including phenoxy) is 1. The van der Waals surface area contributed by atoms with Gasteiger partial charge in [0, 0.05) is 30.1 Å². The van der Waals surface area contributed by atoms with Crippen LogP contribution in [0.25, 0.3) is 0 Å². The fourth-order valence-electron chi connectivity index (χ4n) is 4.50. The molecule has 1 saturated carbocycles. The van der Waals surface area contributed by atoms with Gasteiger partial charge in [0.2, 0.25) is 11.8 Å². The van der Waals surface area contributed by atoms with Crippen molar-refractivity contribution in [3.8, 4) is 18.1 Å². The van der Waals surface area contributed by atoms with Crippen LogP contribution in [0, 0.1) is 18.2 Å². The standard InChI is InChI=1S/C28H32FN3O4/c1-2-19-6-5-7-21(12-19)28(9-10-28)31-17-25(33)24-15-20-13-22(29)16-23(14-20)36-11-4-3-8-26(34)30-18-27(35)32-24/h1,5-7,12-14,16,24-25,31,33H,3-4,8-11,15,17-18H2,(H,30,34)(H,32,35). The molecule has 1 aliphatic carbocycles. The van der Waals surface area contributed by atoms with E-state index in [2.05, 4.69) is 21.9 Å². The molecule has 2 bridgehead atoms. The third-order valence-electron chi connectivity index (χ3n) is 6.69. The summed E-state index contributed by atoms with van der Waals surface area (Å²) < 4.78 is 20.0. The molecule has 0 radical (unpaired) electrons. The van der Waals surface area contributed by atoms with Crippen LogP contribution in [0.15, 0.2) is 42.5 Å². The molecule has 2 aromatic rings. The highest BCUT2D eigenvalue weighted by Gasteiger charge is 2.44. The highest BCUT2D eigenvalue weighted by atomic mass is 19.1. The summed E-state index contributed by atoms with van der Waals surface area (Å²) in [6.45, 7) is 0.367. The highest BCUT2D eigenvalue weighted by molar-refractivity contribution is 5.84. The maximum absolute atomic E-state index is 14.3. The Morgan fingerprint density at radius 1 is 1.19 bits per heavy atom. The molecule has 0 spiro atoms. The second kappa shape index (κ2) is 11.5. The number of hydrogen-bond donors (Lipinski definition) is 4. The molecule has 4 rings (SSSR count). The summed E-state index contributed by atoms with van der Waals surface area (Å²) in [4.78, 5) is 24.6. The van der Waals surface area contributed by atoms with Crippen LogP contribution < -0.4 is 20.7 Å². The lowest BCUT2D eigenvalue weighted by Gasteiger charge is -2.27. The van der Waals surface area contributed by atoms with E-state index < -0.39 is 23.9 Å². The van der Waals surface area contributed by atoms with Crippen molar-refractivity contribution in [3.63, 3.8) is 0 Å². The van der Waals surface area contributed by atoms with Crippen molar-refractivity contribution in [1.29, 1.82) is 0 Å². The number of nitrogens with one attached hydrogen (secondary N) is 3. The predicted octanol–water partition coefficient (Wildman–Crippen LogP) is 2.15. The summed E-state index contributed by atoms with van der Waals surface area (Å²) in [5.74, 6) is 1.93. The Kier molecular flexibility index (Phi) is 8.24. The first-order valence-electron chi connectivity index (χ1n) is 12.4. The number of carbonyl (C=O) groups is 2. The first-order valence-corrected chi connectivity index (χ1v) is 12.4. The predicted molar refractivity (Wildman–Crippen MR) is 134 cm³/mol. The molecule has 4 N–H and O–H groups in total. The summed E-state index contributed by atoms with van der Waals surface area (Å²) in [5, 5.41) is 20.0. The Bertz CT molecular complexity index is 1140. The summed E-state index contributed by atoms with van der Waals surface area (Å²) in [6, 6.07) is 11.5. The van der Waals surface area contributed by atoms with Gasteiger partial charge in [-0.2, -0.15) is 0 Å². The van der Waals surface area contributed by atoms with E-state index in [-0.39, 0.29) is 37.4 Å². The number of amides is 2. The lowest BCUT2D eigenvalue weighted by molar-refractivity contribution is -0.126. The molecule has 36 heavy (non-hydrogen) atoms. The third kappa shape index (κ3) is 6.84. The van der Waals surface area contributed by atoms with Crippen LogP contribution in [0.1, 0.15) is 48.8 Å². The highest BCUT2D eigenvalue weighted by Crippen LogP contribution is 2.45. The molecule has 2 amide bonds. The fourth-order valence-corrected chi connectivity index (χ4v) is 4.50. The van der Waals surface area contributed by atoms with E-state index in [9.17, 15) is 19.1 Å². The van der Waals surface area contributed by atoms with Crippen molar-refractivity contribution in [2.45, 2.75) is 56.2 Å². The van der Waals surface area contributed by atoms with Gasteiger partial charge in [-0.15, -0.1) is 6.42 Å². The van der Waals surface area contributed by atoms with Crippen molar-refractivity contribution in [2.24, 2.45) is 0 Å². The first-order chi connectivity index (χ1) is 17.4. The minimum absolute atomic E-state index is 0.191. The van der Waals surface area contributed by atoms with Gasteiger partial charge >= 0.3 is 0 Å². The van der Waals surface area contributed by atoms with Crippen LogP contribution in [-0.4, -0.2) is 48.8 Å². The zero-order valence-electron chi connectivity index (χ0n) is 20.2. The topological polar surface area (TPSA) is 99.7 Å². The minimum Gasteiger partial charge on any atom is -0.493 e. The number of terminal acetylenes is 1. The third-order valence-corrected chi connectivity index (χ3v) is 6.69. The Morgan fingerprint density at radius 2 is 2.03 bits per heavy atom. The minimum atomic E-state index is -0.971. The fraction of sp³-hybridized carbons (Fsp3) is 0.429. The monoisotopic (exact) mass is 493 g/mol. The summed E-state index contributed by atoms with van der Waals surface area (Å²) in [6.07, 6.45) is 8.06. The molecule has 0 saturated heterocycles. The molecule has 2 aliphatic rings. The van der Waals surface area contributed by atoms with Crippen LogP contribution in [0.4, 0.5) is 4.39 Å². The number of carbonyl (C=O) groups excluding carboxylic acids is 2. The van der Waals surface area contributed by atoms with E-state index >= 15 is 0 Å². The van der Waals surface area contributed by atoms with E-state index in [0.29, 0.717) is 30.8 Å². The van der Waals surface area contributed by atoms with Gasteiger partial charge in [0.15, 0.2) is 0 Å². The van der Waals surface area contributed by atoms with Crippen molar-refractivity contribution in [3.05, 3.63) is 65.0 Å². The molecule has 8 heteroatoms. The van der Waals surface area contributed by atoms with Crippen molar-refractivity contribution < 1.29 is 23.8 Å². The number of benzene rings is 2. The number of halogens is 1. The largest absolute Gasteiger partial charge is 0.493 e. The van der Waals surface area contributed by atoms with E-state index in [1.54, 1.807) is 6.07 Å². The van der Waals surface area contributed by atoms with Gasteiger partial charge < -0.3 is 25.8 Å². The van der Waals surface area contributed by atoms with Gasteiger partial charge in [-0.3, -0.25) is 9.59 Å². The second-order valence-corrected chi connectivity index (χ2v) is 9.51. The number of aliphatic hydroxyl groups is 1. The Hall–Kier alpha value is -3.41. The summed E-state index contributed by atoms with van der Waals surface area (Å²) in [7, 11) is 0. The number of aliphatic hydroxyl groups excluding tert-OH is 1. The molecule has 7 nitrogen and oxygen atoms in total. The van der Waals surface area contributed by atoms with Gasteiger partial charge in [-0.05, 0) is 67.5 Å². The molecule has 0 aromatic heterocycles. The molecule has 1 fully saturated rings. The number of hydrogen-bond acceptors (Lipinski definition) is 5. The normalized spacial score (nSPS) is 21.0. The zero-order valence-corrected chi connectivity index (χ0v) is 20.2. The second-order valence-electron chi connectivity index (χ2n) is 9.51. The summed E-state index contributed by atoms with van der Waals surface area (Å²) >= 11 is 0. The number of rotatable bonds is 5. The van der Waals surface area contributed by atoms with Gasteiger partial charge in [0.1, 0.15) is 11.6 Å². The molecule has 1 aliphatic heterocycles. The average molecular weight is 494 g/mol. The zero-order chi connectivity index (χ0) is 25.5. The molecular formula is C28H32FN3O4. The van der Waals surface area contributed by atoms with Gasteiger partial charge in [0.25, 0.3) is 0 Å². The maximum Gasteiger partial charge on any atom is 0.239 e. The smallest absolute Gasteiger partial charge is 0.239 e. The van der Waals surface area contributed by atoms with Crippen molar-refractivity contribution in [2.75, 3.05) is 19.7 Å². The van der Waals surface area contributed by atoms with Gasteiger partial charge in [-0.25, -0.2) is 4.39 Å². The molecular weight excluding hydrogens is 461 g/mol. The van der Waals surface area contributed by atoms with Crippen LogP contribution in [0.2, 0.25) is 0 Å². The van der Waals surface area contributed by atoms with E-state index in [1.807, 2.05) is 24.3 Å². The lowest BCUT2D eigenvalue weighted by atomic mass is 9.98. The van der Waals surface area contributed by atoms with Crippen molar-refractivity contribution >= 4 is 11.8 Å².